The largest absolute Gasteiger partial charge is 0.456 e. The van der Waals surface area contributed by atoms with Gasteiger partial charge in [-0.1, -0.05) is 24.3 Å². The summed E-state index contributed by atoms with van der Waals surface area (Å²) in [5.41, 5.74) is 1.46. The van der Waals surface area contributed by atoms with E-state index in [0.717, 1.165) is 10.5 Å². The molecule has 3 rings (SSSR count). The summed E-state index contributed by atoms with van der Waals surface area (Å²) in [6.07, 6.45) is 3.10. The van der Waals surface area contributed by atoms with Crippen molar-refractivity contribution in [2.45, 2.75) is 26.4 Å². The predicted octanol–water partition coefficient (Wildman–Crippen LogP) is 3.91. The van der Waals surface area contributed by atoms with Gasteiger partial charge in [0.05, 0.1) is 16.7 Å². The van der Waals surface area contributed by atoms with Crippen molar-refractivity contribution in [3.8, 4) is 0 Å². The predicted molar refractivity (Wildman–Crippen MR) is 97.6 cm³/mol. The molecule has 2 aromatic rings. The lowest BCUT2D eigenvalue weighted by Crippen LogP contribution is -2.23. The number of hydrogen-bond acceptors (Lipinski definition) is 4. The van der Waals surface area contributed by atoms with E-state index in [0.29, 0.717) is 16.7 Å². The zero-order valence-corrected chi connectivity index (χ0v) is 14.9. The van der Waals surface area contributed by atoms with Gasteiger partial charge in [-0.15, -0.1) is 0 Å². The van der Waals surface area contributed by atoms with Crippen LogP contribution in [-0.2, 0) is 4.74 Å². The van der Waals surface area contributed by atoms with Gasteiger partial charge >= 0.3 is 5.97 Å². The summed E-state index contributed by atoms with van der Waals surface area (Å²) >= 11 is 0. The fourth-order valence-corrected chi connectivity index (χ4v) is 2.57. The molecule has 1 aliphatic rings. The first-order chi connectivity index (χ1) is 12.3. The van der Waals surface area contributed by atoms with E-state index in [1.165, 1.54) is 6.20 Å². The first-order valence-corrected chi connectivity index (χ1v) is 8.25. The molecule has 2 aromatic carbocycles. The van der Waals surface area contributed by atoms with Crippen LogP contribution < -0.4 is 0 Å². The monoisotopic (exact) mass is 349 g/mol. The maximum absolute atomic E-state index is 12.3. The van der Waals surface area contributed by atoms with Crippen LogP contribution in [0.2, 0.25) is 0 Å². The number of imide groups is 1. The maximum atomic E-state index is 12.3. The van der Waals surface area contributed by atoms with E-state index >= 15 is 0 Å². The first-order valence-electron chi connectivity index (χ1n) is 8.25. The van der Waals surface area contributed by atoms with Gasteiger partial charge < -0.3 is 4.74 Å². The number of carbonyl (C=O) groups is 3. The Morgan fingerprint density at radius 1 is 0.923 bits per heavy atom. The Balaban J connectivity index is 1.73. The Labute approximate surface area is 151 Å². The highest BCUT2D eigenvalue weighted by molar-refractivity contribution is 6.22. The molecule has 132 valence electrons. The lowest BCUT2D eigenvalue weighted by Gasteiger charge is -2.19. The number of carbonyl (C=O) groups excluding carboxylic acids is 3. The molecule has 0 unspecified atom stereocenters. The Morgan fingerprint density at radius 2 is 1.46 bits per heavy atom. The van der Waals surface area contributed by atoms with E-state index in [-0.39, 0.29) is 11.8 Å². The quantitative estimate of drug-likeness (QED) is 0.622. The average Bonchev–Trinajstić information content (AvgIpc) is 2.83. The van der Waals surface area contributed by atoms with Crippen molar-refractivity contribution in [3.05, 3.63) is 77.0 Å². The minimum absolute atomic E-state index is 0.341. The Bertz CT molecular complexity index is 869. The highest BCUT2D eigenvalue weighted by Gasteiger charge is 2.33. The van der Waals surface area contributed by atoms with Crippen LogP contribution in [0.5, 0.6) is 0 Å². The summed E-state index contributed by atoms with van der Waals surface area (Å²) in [4.78, 5) is 37.7. The molecule has 26 heavy (non-hydrogen) atoms. The van der Waals surface area contributed by atoms with Crippen LogP contribution in [-0.4, -0.2) is 28.3 Å². The Hall–Kier alpha value is -3.21. The minimum atomic E-state index is -0.554. The van der Waals surface area contributed by atoms with Crippen LogP contribution in [0.3, 0.4) is 0 Å². The van der Waals surface area contributed by atoms with E-state index in [4.69, 9.17) is 4.74 Å². The molecule has 0 saturated carbocycles. The van der Waals surface area contributed by atoms with Crippen LogP contribution in [0.25, 0.3) is 6.08 Å². The molecule has 0 aromatic heterocycles. The van der Waals surface area contributed by atoms with Crippen molar-refractivity contribution in [1.82, 2.24) is 4.90 Å². The van der Waals surface area contributed by atoms with E-state index < -0.39 is 11.6 Å². The highest BCUT2D eigenvalue weighted by Crippen LogP contribution is 2.23. The smallest absolute Gasteiger partial charge is 0.338 e. The van der Waals surface area contributed by atoms with Gasteiger partial charge in [0.1, 0.15) is 5.60 Å². The summed E-state index contributed by atoms with van der Waals surface area (Å²) in [5, 5.41) is 0. The van der Waals surface area contributed by atoms with Gasteiger partial charge in [-0.2, -0.15) is 0 Å². The molecule has 0 bridgehead atoms. The summed E-state index contributed by atoms with van der Waals surface area (Å²) in [6.45, 7) is 5.43. The molecule has 5 heteroatoms. The molecule has 0 N–H and O–H groups in total. The van der Waals surface area contributed by atoms with E-state index in [1.807, 2.05) is 20.8 Å². The maximum Gasteiger partial charge on any atom is 0.338 e. The van der Waals surface area contributed by atoms with Gasteiger partial charge in [-0.25, -0.2) is 9.69 Å². The van der Waals surface area contributed by atoms with Gasteiger partial charge in [-0.05, 0) is 56.7 Å². The molecule has 0 saturated heterocycles. The molecule has 0 fully saturated rings. The molecular formula is C21H19NO4. The summed E-state index contributed by atoms with van der Waals surface area (Å²) in [5.74, 6) is -1.08. The molecule has 0 atom stereocenters. The van der Waals surface area contributed by atoms with Crippen molar-refractivity contribution in [2.24, 2.45) is 0 Å². The van der Waals surface area contributed by atoms with Crippen LogP contribution in [0, 0.1) is 0 Å². The van der Waals surface area contributed by atoms with Gasteiger partial charge in [0.15, 0.2) is 0 Å². The molecule has 2 amide bonds. The molecule has 0 aliphatic carbocycles. The van der Waals surface area contributed by atoms with Gasteiger partial charge in [-0.3, -0.25) is 9.59 Å². The zero-order valence-electron chi connectivity index (χ0n) is 14.9. The fourth-order valence-electron chi connectivity index (χ4n) is 2.57. The van der Waals surface area contributed by atoms with Gasteiger partial charge in [0, 0.05) is 6.20 Å². The number of ether oxygens (including phenoxy) is 1. The number of esters is 1. The molecule has 0 spiro atoms. The first kappa shape index (κ1) is 17.6. The topological polar surface area (TPSA) is 63.7 Å². The number of benzene rings is 2. The average molecular weight is 349 g/mol. The lowest BCUT2D eigenvalue weighted by atomic mass is 10.1. The number of amides is 2. The zero-order chi connectivity index (χ0) is 18.9. The second-order valence-electron chi connectivity index (χ2n) is 6.97. The normalized spacial score (nSPS) is 14.0. The molecule has 5 nitrogen and oxygen atoms in total. The lowest BCUT2D eigenvalue weighted by molar-refractivity contribution is 0.00692. The van der Waals surface area contributed by atoms with E-state index in [1.54, 1.807) is 54.6 Å². The summed E-state index contributed by atoms with van der Waals surface area (Å²) in [7, 11) is 0. The van der Waals surface area contributed by atoms with Crippen LogP contribution in [0.15, 0.2) is 54.7 Å². The summed E-state index contributed by atoms with van der Waals surface area (Å²) < 4.78 is 5.31. The second kappa shape index (κ2) is 6.59. The number of rotatable bonds is 3. The molecule has 1 aliphatic heterocycles. The number of hydrogen-bond donors (Lipinski definition) is 0. The van der Waals surface area contributed by atoms with E-state index in [9.17, 15) is 14.4 Å². The second-order valence-corrected chi connectivity index (χ2v) is 6.97. The van der Waals surface area contributed by atoms with Crippen molar-refractivity contribution in [2.75, 3.05) is 0 Å². The van der Waals surface area contributed by atoms with Crippen LogP contribution in [0.1, 0.15) is 57.4 Å². The van der Waals surface area contributed by atoms with Crippen LogP contribution >= 0.6 is 0 Å². The standard InChI is InChI=1S/C21H19NO4/c1-21(2,3)26-20(25)15-10-8-14(9-11-15)12-13-22-18(23)16-6-4-5-7-17(16)19(22)24/h4-13H,1-3H3. The Kier molecular flexibility index (Phi) is 4.47. The fraction of sp³-hybridized carbons (Fsp3) is 0.190. The van der Waals surface area contributed by atoms with Gasteiger partial charge in [0.2, 0.25) is 0 Å². The molecule has 1 heterocycles. The van der Waals surface area contributed by atoms with Crippen molar-refractivity contribution < 1.29 is 19.1 Å². The SMILES string of the molecule is CC(C)(C)OC(=O)c1ccc(C=CN2C(=O)c3ccccc3C2=O)cc1. The number of nitrogens with zero attached hydrogens (tertiary/aromatic N) is 1. The molecule has 0 radical (unpaired) electrons. The third kappa shape index (κ3) is 3.57. The van der Waals surface area contributed by atoms with Gasteiger partial charge in [0.25, 0.3) is 11.8 Å². The van der Waals surface area contributed by atoms with Crippen LogP contribution in [0.4, 0.5) is 0 Å². The third-order valence-corrected chi connectivity index (χ3v) is 3.79. The van der Waals surface area contributed by atoms with Crippen molar-refractivity contribution in [1.29, 1.82) is 0 Å². The third-order valence-electron chi connectivity index (χ3n) is 3.79. The van der Waals surface area contributed by atoms with E-state index in [2.05, 4.69) is 0 Å². The Morgan fingerprint density at radius 3 is 1.96 bits per heavy atom. The molecular weight excluding hydrogens is 330 g/mol. The minimum Gasteiger partial charge on any atom is -0.456 e. The van der Waals surface area contributed by atoms with Crippen molar-refractivity contribution >= 4 is 23.9 Å². The highest BCUT2D eigenvalue weighted by atomic mass is 16.6. The number of fused-ring (bicyclic) bond motifs is 1. The van der Waals surface area contributed by atoms with Crippen molar-refractivity contribution in [3.63, 3.8) is 0 Å². The summed E-state index contributed by atoms with van der Waals surface area (Å²) in [6, 6.07) is 13.5.